The first-order valence-corrected chi connectivity index (χ1v) is 9.40. The van der Waals surface area contributed by atoms with Gasteiger partial charge in [0.1, 0.15) is 5.75 Å². The van der Waals surface area contributed by atoms with Crippen LogP contribution in [0.4, 0.5) is 0 Å². The summed E-state index contributed by atoms with van der Waals surface area (Å²) in [4.78, 5) is 17.1. The van der Waals surface area contributed by atoms with Gasteiger partial charge in [-0.1, -0.05) is 41.9 Å². The van der Waals surface area contributed by atoms with Crippen LogP contribution in [0.3, 0.4) is 0 Å². The molecule has 0 aliphatic carbocycles. The van der Waals surface area contributed by atoms with Gasteiger partial charge in [0, 0.05) is 43.3 Å². The van der Waals surface area contributed by atoms with Gasteiger partial charge in [0.25, 0.3) is 0 Å². The topological polar surface area (TPSA) is 32.8 Å². The molecule has 1 aliphatic heterocycles. The van der Waals surface area contributed by atoms with E-state index in [0.29, 0.717) is 6.42 Å². The van der Waals surface area contributed by atoms with Gasteiger partial charge in [0.15, 0.2) is 0 Å². The van der Waals surface area contributed by atoms with Gasteiger partial charge in [-0.25, -0.2) is 0 Å². The van der Waals surface area contributed by atoms with Crippen LogP contribution in [0.15, 0.2) is 48.5 Å². The molecule has 0 unspecified atom stereocenters. The molecule has 0 N–H and O–H groups in total. The zero-order valence-electron chi connectivity index (χ0n) is 15.2. The number of carbonyl (C=O) groups is 1. The molecule has 0 bridgehead atoms. The standard InChI is InChI=1S/C21H25ClN2O2/c1-26-20-6-3-2-5-18(20)15-21(25)24-12-4-11-23(13-14-24)16-17-7-9-19(22)10-8-17/h2-3,5-10H,4,11-16H2,1H3. The molecule has 0 aromatic heterocycles. The molecule has 26 heavy (non-hydrogen) atoms. The van der Waals surface area contributed by atoms with E-state index in [9.17, 15) is 4.79 Å². The molecule has 1 aliphatic rings. The second kappa shape index (κ2) is 9.06. The zero-order chi connectivity index (χ0) is 18.4. The third kappa shape index (κ3) is 4.99. The van der Waals surface area contributed by atoms with Gasteiger partial charge in [-0.15, -0.1) is 0 Å². The molecule has 0 atom stereocenters. The highest BCUT2D eigenvalue weighted by molar-refractivity contribution is 6.30. The number of para-hydroxylation sites is 1. The summed E-state index contributed by atoms with van der Waals surface area (Å²) >= 11 is 5.96. The number of halogens is 1. The number of ether oxygens (including phenoxy) is 1. The van der Waals surface area contributed by atoms with Crippen molar-refractivity contribution in [3.8, 4) is 5.75 Å². The van der Waals surface area contributed by atoms with Crippen molar-refractivity contribution in [2.75, 3.05) is 33.3 Å². The summed E-state index contributed by atoms with van der Waals surface area (Å²) in [6, 6.07) is 15.7. The predicted octanol–water partition coefficient (Wildman–Crippen LogP) is 3.63. The quantitative estimate of drug-likeness (QED) is 0.803. The van der Waals surface area contributed by atoms with Crippen LogP contribution in [-0.2, 0) is 17.8 Å². The van der Waals surface area contributed by atoms with Crippen LogP contribution in [-0.4, -0.2) is 49.0 Å². The van der Waals surface area contributed by atoms with Gasteiger partial charge < -0.3 is 9.64 Å². The van der Waals surface area contributed by atoms with Gasteiger partial charge >= 0.3 is 0 Å². The van der Waals surface area contributed by atoms with E-state index in [1.807, 2.05) is 41.3 Å². The molecular weight excluding hydrogens is 348 g/mol. The van der Waals surface area contributed by atoms with E-state index in [1.165, 1.54) is 5.56 Å². The molecular formula is C21H25ClN2O2. The molecule has 1 amide bonds. The first-order valence-electron chi connectivity index (χ1n) is 9.02. The smallest absolute Gasteiger partial charge is 0.227 e. The van der Waals surface area contributed by atoms with Crippen molar-refractivity contribution in [1.29, 1.82) is 0 Å². The third-order valence-corrected chi connectivity index (χ3v) is 5.05. The van der Waals surface area contributed by atoms with Crippen LogP contribution in [0, 0.1) is 0 Å². The maximum absolute atomic E-state index is 12.7. The minimum absolute atomic E-state index is 0.169. The molecule has 2 aromatic carbocycles. The van der Waals surface area contributed by atoms with E-state index in [-0.39, 0.29) is 5.91 Å². The number of amides is 1. The maximum atomic E-state index is 12.7. The number of rotatable bonds is 5. The Morgan fingerprint density at radius 3 is 2.58 bits per heavy atom. The van der Waals surface area contributed by atoms with Crippen molar-refractivity contribution in [3.63, 3.8) is 0 Å². The average Bonchev–Trinajstić information content (AvgIpc) is 2.90. The molecule has 3 rings (SSSR count). The fourth-order valence-electron chi connectivity index (χ4n) is 3.35. The molecule has 0 saturated carbocycles. The van der Waals surface area contributed by atoms with Gasteiger partial charge in [-0.05, 0) is 30.2 Å². The van der Waals surface area contributed by atoms with Crippen LogP contribution in [0.1, 0.15) is 17.5 Å². The first kappa shape index (κ1) is 18.7. The van der Waals surface area contributed by atoms with E-state index < -0.39 is 0 Å². The average molecular weight is 373 g/mol. The van der Waals surface area contributed by atoms with Gasteiger partial charge in [0.2, 0.25) is 5.91 Å². The summed E-state index contributed by atoms with van der Waals surface area (Å²) in [5.74, 6) is 0.947. The Balaban J connectivity index is 1.56. The van der Waals surface area contributed by atoms with Crippen LogP contribution in [0.2, 0.25) is 5.02 Å². The highest BCUT2D eigenvalue weighted by atomic mass is 35.5. The van der Waals surface area contributed by atoms with Gasteiger partial charge in [-0.3, -0.25) is 9.69 Å². The van der Waals surface area contributed by atoms with Crippen molar-refractivity contribution in [2.24, 2.45) is 0 Å². The molecule has 5 heteroatoms. The third-order valence-electron chi connectivity index (χ3n) is 4.79. The first-order chi connectivity index (χ1) is 12.7. The lowest BCUT2D eigenvalue weighted by Crippen LogP contribution is -2.36. The summed E-state index contributed by atoms with van der Waals surface area (Å²) in [6.07, 6.45) is 1.38. The van der Waals surface area contributed by atoms with Crippen molar-refractivity contribution in [1.82, 2.24) is 9.80 Å². The Bertz CT molecular complexity index is 733. The summed E-state index contributed by atoms with van der Waals surface area (Å²) in [6.45, 7) is 4.36. The fourth-order valence-corrected chi connectivity index (χ4v) is 3.48. The fraction of sp³-hybridized carbons (Fsp3) is 0.381. The summed E-state index contributed by atoms with van der Waals surface area (Å²) in [7, 11) is 1.64. The number of hydrogen-bond donors (Lipinski definition) is 0. The van der Waals surface area contributed by atoms with E-state index in [1.54, 1.807) is 7.11 Å². The lowest BCUT2D eigenvalue weighted by molar-refractivity contribution is -0.130. The molecule has 0 radical (unpaired) electrons. The van der Waals surface area contributed by atoms with E-state index >= 15 is 0 Å². The van der Waals surface area contributed by atoms with Crippen molar-refractivity contribution >= 4 is 17.5 Å². The molecule has 138 valence electrons. The Hall–Kier alpha value is -2.04. The Labute approximate surface area is 160 Å². The molecule has 1 heterocycles. The number of hydrogen-bond acceptors (Lipinski definition) is 3. The van der Waals surface area contributed by atoms with Gasteiger partial charge in [0.05, 0.1) is 13.5 Å². The highest BCUT2D eigenvalue weighted by Gasteiger charge is 2.20. The van der Waals surface area contributed by atoms with Crippen LogP contribution >= 0.6 is 11.6 Å². The monoisotopic (exact) mass is 372 g/mol. The highest BCUT2D eigenvalue weighted by Crippen LogP contribution is 2.19. The van der Waals surface area contributed by atoms with Crippen molar-refractivity contribution in [2.45, 2.75) is 19.4 Å². The number of methoxy groups -OCH3 is 1. The van der Waals surface area contributed by atoms with Crippen LogP contribution in [0.25, 0.3) is 0 Å². The summed E-state index contributed by atoms with van der Waals surface area (Å²) < 4.78 is 5.36. The molecule has 1 saturated heterocycles. The number of nitrogens with zero attached hydrogens (tertiary/aromatic N) is 2. The number of benzene rings is 2. The van der Waals surface area contributed by atoms with Crippen molar-refractivity contribution < 1.29 is 9.53 Å². The summed E-state index contributed by atoms with van der Waals surface area (Å²) in [5, 5.41) is 0.762. The SMILES string of the molecule is COc1ccccc1CC(=O)N1CCCN(Cc2ccc(Cl)cc2)CC1. The number of carbonyl (C=O) groups excluding carboxylic acids is 1. The predicted molar refractivity (Wildman–Crippen MR) is 105 cm³/mol. The minimum Gasteiger partial charge on any atom is -0.496 e. The second-order valence-electron chi connectivity index (χ2n) is 6.63. The Morgan fingerprint density at radius 2 is 1.81 bits per heavy atom. The lowest BCUT2D eigenvalue weighted by atomic mass is 10.1. The lowest BCUT2D eigenvalue weighted by Gasteiger charge is -2.22. The van der Waals surface area contributed by atoms with Crippen molar-refractivity contribution in [3.05, 3.63) is 64.7 Å². The molecule has 0 spiro atoms. The second-order valence-corrected chi connectivity index (χ2v) is 7.06. The molecule has 4 nitrogen and oxygen atoms in total. The van der Waals surface area contributed by atoms with E-state index in [2.05, 4.69) is 17.0 Å². The van der Waals surface area contributed by atoms with E-state index in [4.69, 9.17) is 16.3 Å². The van der Waals surface area contributed by atoms with Gasteiger partial charge in [-0.2, -0.15) is 0 Å². The summed E-state index contributed by atoms with van der Waals surface area (Å²) in [5.41, 5.74) is 2.20. The maximum Gasteiger partial charge on any atom is 0.227 e. The minimum atomic E-state index is 0.169. The zero-order valence-corrected chi connectivity index (χ0v) is 15.9. The Kier molecular flexibility index (Phi) is 6.53. The normalized spacial score (nSPS) is 15.5. The largest absolute Gasteiger partial charge is 0.496 e. The molecule has 2 aromatic rings. The Morgan fingerprint density at radius 1 is 1.04 bits per heavy atom. The van der Waals surface area contributed by atoms with E-state index in [0.717, 1.165) is 55.5 Å². The molecule has 1 fully saturated rings. The van der Waals surface area contributed by atoms with Crippen LogP contribution < -0.4 is 4.74 Å². The van der Waals surface area contributed by atoms with Crippen LogP contribution in [0.5, 0.6) is 5.75 Å².